The van der Waals surface area contributed by atoms with Crippen LogP contribution in [-0.2, 0) is 17.9 Å². The molecule has 0 aliphatic heterocycles. The van der Waals surface area contributed by atoms with Crippen molar-refractivity contribution in [1.29, 1.82) is 0 Å². The molecule has 0 aliphatic carbocycles. The van der Waals surface area contributed by atoms with Crippen LogP contribution >= 0.6 is 11.3 Å². The van der Waals surface area contributed by atoms with Crippen molar-refractivity contribution in [2.24, 2.45) is 0 Å². The van der Waals surface area contributed by atoms with Gasteiger partial charge in [-0.05, 0) is 14.0 Å². The van der Waals surface area contributed by atoms with Crippen LogP contribution in [0.2, 0.25) is 0 Å². The van der Waals surface area contributed by atoms with Crippen molar-refractivity contribution in [2.75, 3.05) is 18.9 Å². The molecule has 0 aromatic carbocycles. The van der Waals surface area contributed by atoms with Crippen molar-refractivity contribution in [3.63, 3.8) is 0 Å². The number of rotatable bonds is 6. The summed E-state index contributed by atoms with van der Waals surface area (Å²) in [6.07, 6.45) is 3.81. The SMILES string of the molecule is CCn1cc(CN(C)CC(=O)Nc2nncs2)cn1. The molecule has 0 fully saturated rings. The van der Waals surface area contributed by atoms with Crippen molar-refractivity contribution in [1.82, 2.24) is 24.9 Å². The number of likely N-dealkylation sites (N-methyl/N-ethyl adjacent to an activating group) is 1. The van der Waals surface area contributed by atoms with Crippen molar-refractivity contribution in [2.45, 2.75) is 20.0 Å². The number of hydrogen-bond acceptors (Lipinski definition) is 6. The number of aromatic nitrogens is 4. The Morgan fingerprint density at radius 3 is 3.05 bits per heavy atom. The van der Waals surface area contributed by atoms with Crippen molar-refractivity contribution >= 4 is 22.4 Å². The number of amides is 1. The minimum absolute atomic E-state index is 0.0952. The van der Waals surface area contributed by atoms with Crippen LogP contribution in [0, 0.1) is 0 Å². The van der Waals surface area contributed by atoms with Crippen molar-refractivity contribution in [3.05, 3.63) is 23.5 Å². The normalized spacial score (nSPS) is 10.9. The standard InChI is InChI=1S/C11H16N6OS/c1-3-17-6-9(4-13-17)5-16(2)7-10(18)14-11-15-12-8-19-11/h4,6,8H,3,5,7H2,1-2H3,(H,14,15,18). The fourth-order valence-electron chi connectivity index (χ4n) is 1.66. The molecule has 0 atom stereocenters. The summed E-state index contributed by atoms with van der Waals surface area (Å²) in [7, 11) is 1.89. The molecule has 2 heterocycles. The maximum atomic E-state index is 11.7. The van der Waals surface area contributed by atoms with Crippen LogP contribution in [0.25, 0.3) is 0 Å². The molecular weight excluding hydrogens is 264 g/mol. The third-order valence-electron chi connectivity index (χ3n) is 2.48. The van der Waals surface area contributed by atoms with Gasteiger partial charge in [0.25, 0.3) is 0 Å². The summed E-state index contributed by atoms with van der Waals surface area (Å²) < 4.78 is 1.87. The Morgan fingerprint density at radius 2 is 2.42 bits per heavy atom. The number of anilines is 1. The summed E-state index contributed by atoms with van der Waals surface area (Å²) in [5.41, 5.74) is 2.67. The van der Waals surface area contributed by atoms with Gasteiger partial charge in [0.2, 0.25) is 11.0 Å². The second kappa shape index (κ2) is 6.39. The zero-order valence-electron chi connectivity index (χ0n) is 10.9. The van der Waals surface area contributed by atoms with E-state index in [2.05, 4.69) is 20.6 Å². The second-order valence-corrected chi connectivity index (χ2v) is 5.00. The molecule has 0 radical (unpaired) electrons. The summed E-state index contributed by atoms with van der Waals surface area (Å²) in [6.45, 7) is 3.87. The Kier molecular flexibility index (Phi) is 4.58. The Labute approximate surface area is 115 Å². The molecule has 0 saturated heterocycles. The second-order valence-electron chi connectivity index (χ2n) is 4.17. The first kappa shape index (κ1) is 13.6. The molecule has 1 N–H and O–H groups in total. The van der Waals surface area contributed by atoms with Crippen LogP contribution in [0.1, 0.15) is 12.5 Å². The van der Waals surface area contributed by atoms with E-state index in [1.807, 2.05) is 35.9 Å². The number of aryl methyl sites for hydroxylation is 1. The first-order valence-electron chi connectivity index (χ1n) is 5.93. The van der Waals surface area contributed by atoms with Gasteiger partial charge in [0.05, 0.1) is 12.7 Å². The predicted octanol–water partition coefficient (Wildman–Crippen LogP) is 0.825. The van der Waals surface area contributed by atoms with Crippen LogP contribution < -0.4 is 5.32 Å². The number of carbonyl (C=O) groups is 1. The van der Waals surface area contributed by atoms with E-state index >= 15 is 0 Å². The molecule has 2 rings (SSSR count). The third kappa shape index (κ3) is 4.11. The summed E-state index contributed by atoms with van der Waals surface area (Å²) >= 11 is 1.30. The molecule has 1 amide bonds. The lowest BCUT2D eigenvalue weighted by molar-refractivity contribution is -0.117. The van der Waals surface area contributed by atoms with E-state index < -0.39 is 0 Å². The average Bonchev–Trinajstić information content (AvgIpc) is 3.00. The summed E-state index contributed by atoms with van der Waals surface area (Å²) in [5.74, 6) is -0.0952. The molecule has 0 bridgehead atoms. The van der Waals surface area contributed by atoms with Gasteiger partial charge in [-0.15, -0.1) is 10.2 Å². The molecule has 0 saturated carbocycles. The van der Waals surface area contributed by atoms with Gasteiger partial charge in [-0.3, -0.25) is 19.7 Å². The molecule has 2 aromatic heterocycles. The number of carbonyl (C=O) groups excluding carboxylic acids is 1. The highest BCUT2D eigenvalue weighted by molar-refractivity contribution is 7.13. The van der Waals surface area contributed by atoms with E-state index in [-0.39, 0.29) is 5.91 Å². The molecule has 8 heteroatoms. The zero-order valence-corrected chi connectivity index (χ0v) is 11.7. The highest BCUT2D eigenvalue weighted by atomic mass is 32.1. The fourth-order valence-corrected chi connectivity index (χ4v) is 2.12. The van der Waals surface area contributed by atoms with Gasteiger partial charge < -0.3 is 0 Å². The van der Waals surface area contributed by atoms with Gasteiger partial charge >= 0.3 is 0 Å². The first-order chi connectivity index (χ1) is 9.17. The van der Waals surface area contributed by atoms with Crippen LogP contribution in [0.4, 0.5) is 5.13 Å². The quantitative estimate of drug-likeness (QED) is 0.848. The lowest BCUT2D eigenvalue weighted by Crippen LogP contribution is -2.29. The number of nitrogens with one attached hydrogen (secondary N) is 1. The van der Waals surface area contributed by atoms with E-state index in [0.717, 1.165) is 12.1 Å². The Balaban J connectivity index is 1.80. The molecule has 19 heavy (non-hydrogen) atoms. The minimum atomic E-state index is -0.0952. The Bertz CT molecular complexity index is 523. The first-order valence-corrected chi connectivity index (χ1v) is 6.81. The largest absolute Gasteiger partial charge is 0.299 e. The van der Waals surface area contributed by atoms with Gasteiger partial charge in [-0.1, -0.05) is 11.3 Å². The van der Waals surface area contributed by atoms with Gasteiger partial charge in [-0.2, -0.15) is 5.10 Å². The van der Waals surface area contributed by atoms with Gasteiger partial charge in [0, 0.05) is 24.8 Å². The molecule has 7 nitrogen and oxygen atoms in total. The topological polar surface area (TPSA) is 75.9 Å². The van der Waals surface area contributed by atoms with Crippen molar-refractivity contribution in [3.8, 4) is 0 Å². The maximum Gasteiger partial charge on any atom is 0.240 e. The Morgan fingerprint density at radius 1 is 1.58 bits per heavy atom. The maximum absolute atomic E-state index is 11.7. The van der Waals surface area contributed by atoms with Crippen LogP contribution in [0.5, 0.6) is 0 Å². The molecule has 0 unspecified atom stereocenters. The van der Waals surface area contributed by atoms with Gasteiger partial charge in [0.15, 0.2) is 0 Å². The van der Waals surface area contributed by atoms with E-state index in [1.165, 1.54) is 11.3 Å². The lowest BCUT2D eigenvalue weighted by atomic mass is 10.3. The van der Waals surface area contributed by atoms with Crippen LogP contribution in [-0.4, -0.2) is 44.4 Å². The number of hydrogen-bond donors (Lipinski definition) is 1. The van der Waals surface area contributed by atoms with Crippen LogP contribution in [0.3, 0.4) is 0 Å². The summed E-state index contributed by atoms with van der Waals surface area (Å²) in [4.78, 5) is 13.7. The summed E-state index contributed by atoms with van der Waals surface area (Å²) in [6, 6.07) is 0. The smallest absolute Gasteiger partial charge is 0.240 e. The third-order valence-corrected chi connectivity index (χ3v) is 3.09. The van der Waals surface area contributed by atoms with Crippen LogP contribution in [0.15, 0.2) is 17.9 Å². The fraction of sp³-hybridized carbons (Fsp3) is 0.455. The lowest BCUT2D eigenvalue weighted by Gasteiger charge is -2.14. The Hall–Kier alpha value is -1.80. The molecule has 0 aliphatic rings. The monoisotopic (exact) mass is 280 g/mol. The summed E-state index contributed by atoms with van der Waals surface area (Å²) in [5, 5.41) is 14.9. The average molecular weight is 280 g/mol. The van der Waals surface area contributed by atoms with E-state index in [9.17, 15) is 4.79 Å². The van der Waals surface area contributed by atoms with Gasteiger partial charge in [0.1, 0.15) is 5.51 Å². The molecular formula is C11H16N6OS. The van der Waals surface area contributed by atoms with Gasteiger partial charge in [-0.25, -0.2) is 0 Å². The molecule has 102 valence electrons. The highest BCUT2D eigenvalue weighted by Gasteiger charge is 2.09. The highest BCUT2D eigenvalue weighted by Crippen LogP contribution is 2.08. The predicted molar refractivity (Wildman–Crippen MR) is 72.8 cm³/mol. The van der Waals surface area contributed by atoms with E-state index in [1.54, 1.807) is 5.51 Å². The molecule has 0 spiro atoms. The van der Waals surface area contributed by atoms with E-state index in [4.69, 9.17) is 0 Å². The molecule has 2 aromatic rings. The zero-order chi connectivity index (χ0) is 13.7. The number of nitrogens with zero attached hydrogens (tertiary/aromatic N) is 5. The minimum Gasteiger partial charge on any atom is -0.299 e. The van der Waals surface area contributed by atoms with Crippen molar-refractivity contribution < 1.29 is 4.79 Å². The van der Waals surface area contributed by atoms with E-state index in [0.29, 0.717) is 18.2 Å².